The Hall–Kier alpha value is -0.570. The van der Waals surface area contributed by atoms with Gasteiger partial charge in [0.15, 0.2) is 0 Å². The third-order valence-corrected chi connectivity index (χ3v) is 4.71. The Morgan fingerprint density at radius 3 is 2.61 bits per heavy atom. The first-order valence-corrected chi connectivity index (χ1v) is 7.62. The summed E-state index contributed by atoms with van der Waals surface area (Å²) in [6.45, 7) is 8.85. The van der Waals surface area contributed by atoms with E-state index in [2.05, 4.69) is 31.0 Å². The summed E-state index contributed by atoms with van der Waals surface area (Å²) in [4.78, 5) is 14.6. The number of rotatable bonds is 3. The molecule has 0 aromatic carbocycles. The summed E-state index contributed by atoms with van der Waals surface area (Å²) in [6, 6.07) is 0.468. The Morgan fingerprint density at radius 1 is 1.28 bits per heavy atom. The first kappa shape index (κ1) is 13.9. The molecule has 2 rings (SSSR count). The monoisotopic (exact) mass is 252 g/mol. The van der Waals surface area contributed by atoms with Crippen LogP contribution in [-0.2, 0) is 4.79 Å². The van der Waals surface area contributed by atoms with Crippen molar-refractivity contribution in [1.29, 1.82) is 0 Å². The van der Waals surface area contributed by atoms with Gasteiger partial charge in [-0.2, -0.15) is 0 Å². The lowest BCUT2D eigenvalue weighted by Gasteiger charge is -2.41. The minimum absolute atomic E-state index is 0.00750. The van der Waals surface area contributed by atoms with Crippen molar-refractivity contribution in [2.75, 3.05) is 0 Å². The highest BCUT2D eigenvalue weighted by molar-refractivity contribution is 5.84. The molecule has 3 nitrogen and oxygen atoms in total. The van der Waals surface area contributed by atoms with Gasteiger partial charge in [-0.1, -0.05) is 27.2 Å². The first-order valence-electron chi connectivity index (χ1n) is 7.62. The molecule has 1 aliphatic heterocycles. The van der Waals surface area contributed by atoms with Crippen LogP contribution in [0.2, 0.25) is 0 Å². The number of carbonyl (C=O) groups excluding carboxylic acids is 1. The van der Waals surface area contributed by atoms with Gasteiger partial charge in [-0.3, -0.25) is 10.1 Å². The molecule has 0 bridgehead atoms. The standard InChI is InChI=1S/C15H28N2O/c1-5-6-14-16-12(4)15(18)17(14)13-8-7-10(2)9-11(13)3/h10-14,16H,5-9H2,1-4H3. The molecule has 1 amide bonds. The highest BCUT2D eigenvalue weighted by Crippen LogP contribution is 2.34. The maximum atomic E-state index is 12.4. The molecule has 1 heterocycles. The van der Waals surface area contributed by atoms with E-state index >= 15 is 0 Å². The summed E-state index contributed by atoms with van der Waals surface area (Å²) < 4.78 is 0. The molecule has 0 aromatic rings. The van der Waals surface area contributed by atoms with Crippen molar-refractivity contribution in [3.63, 3.8) is 0 Å². The van der Waals surface area contributed by atoms with Gasteiger partial charge in [0.25, 0.3) is 0 Å². The zero-order chi connectivity index (χ0) is 13.3. The lowest BCUT2D eigenvalue weighted by molar-refractivity contribution is -0.134. The molecular formula is C15H28N2O. The topological polar surface area (TPSA) is 32.3 Å². The fourth-order valence-corrected chi connectivity index (χ4v) is 3.77. The van der Waals surface area contributed by atoms with Crippen molar-refractivity contribution < 1.29 is 4.79 Å². The molecule has 1 aliphatic carbocycles. The van der Waals surface area contributed by atoms with Gasteiger partial charge in [-0.05, 0) is 44.4 Å². The fourth-order valence-electron chi connectivity index (χ4n) is 3.77. The van der Waals surface area contributed by atoms with E-state index in [1.165, 1.54) is 19.3 Å². The molecule has 2 fully saturated rings. The summed E-state index contributed by atoms with van der Waals surface area (Å²) in [5.41, 5.74) is 0. The van der Waals surface area contributed by atoms with Crippen LogP contribution in [0.15, 0.2) is 0 Å². The van der Waals surface area contributed by atoms with Crippen molar-refractivity contribution in [2.45, 2.75) is 78.0 Å². The van der Waals surface area contributed by atoms with Crippen LogP contribution in [0, 0.1) is 11.8 Å². The summed E-state index contributed by atoms with van der Waals surface area (Å²) >= 11 is 0. The van der Waals surface area contributed by atoms with Crippen LogP contribution < -0.4 is 5.32 Å². The number of carbonyl (C=O) groups is 1. The van der Waals surface area contributed by atoms with Crippen LogP contribution in [0.4, 0.5) is 0 Å². The van der Waals surface area contributed by atoms with Crippen LogP contribution in [-0.4, -0.2) is 29.1 Å². The normalized spacial score (nSPS) is 41.4. The van der Waals surface area contributed by atoms with Crippen LogP contribution in [0.3, 0.4) is 0 Å². The van der Waals surface area contributed by atoms with Crippen LogP contribution in [0.25, 0.3) is 0 Å². The quantitative estimate of drug-likeness (QED) is 0.837. The second-order valence-electron chi connectivity index (χ2n) is 6.40. The molecule has 104 valence electrons. The highest BCUT2D eigenvalue weighted by atomic mass is 16.2. The predicted molar refractivity (Wildman–Crippen MR) is 74.1 cm³/mol. The van der Waals surface area contributed by atoms with Gasteiger partial charge in [0.2, 0.25) is 5.91 Å². The molecule has 0 aromatic heterocycles. The summed E-state index contributed by atoms with van der Waals surface area (Å²) in [6.07, 6.45) is 6.20. The van der Waals surface area contributed by atoms with Crippen molar-refractivity contribution in [3.05, 3.63) is 0 Å². The van der Waals surface area contributed by atoms with E-state index in [-0.39, 0.29) is 12.2 Å². The third kappa shape index (κ3) is 2.56. The Balaban J connectivity index is 2.11. The zero-order valence-electron chi connectivity index (χ0n) is 12.3. The minimum atomic E-state index is 0.00750. The van der Waals surface area contributed by atoms with Crippen molar-refractivity contribution in [1.82, 2.24) is 10.2 Å². The Morgan fingerprint density at radius 2 is 2.00 bits per heavy atom. The molecule has 0 radical (unpaired) electrons. The van der Waals surface area contributed by atoms with E-state index in [4.69, 9.17) is 0 Å². The molecule has 5 atom stereocenters. The van der Waals surface area contributed by atoms with Crippen LogP contribution >= 0.6 is 0 Å². The highest BCUT2D eigenvalue weighted by Gasteiger charge is 2.42. The number of nitrogens with zero attached hydrogens (tertiary/aromatic N) is 1. The van der Waals surface area contributed by atoms with Crippen LogP contribution in [0.5, 0.6) is 0 Å². The molecule has 3 heteroatoms. The predicted octanol–water partition coefficient (Wildman–Crippen LogP) is 2.76. The Labute approximate surface area is 111 Å². The second-order valence-corrected chi connectivity index (χ2v) is 6.40. The maximum absolute atomic E-state index is 12.4. The Kier molecular flexibility index (Phi) is 4.31. The molecule has 1 saturated carbocycles. The Bertz CT molecular complexity index is 305. The molecule has 18 heavy (non-hydrogen) atoms. The number of hydrogen-bond donors (Lipinski definition) is 1. The van der Waals surface area contributed by atoms with Gasteiger partial charge < -0.3 is 4.90 Å². The molecule has 5 unspecified atom stereocenters. The molecule has 2 aliphatic rings. The van der Waals surface area contributed by atoms with Gasteiger partial charge in [0.1, 0.15) is 0 Å². The molecular weight excluding hydrogens is 224 g/mol. The lowest BCUT2D eigenvalue weighted by Crippen LogP contribution is -2.49. The van der Waals surface area contributed by atoms with E-state index in [0.29, 0.717) is 17.9 Å². The number of nitrogens with one attached hydrogen (secondary N) is 1. The maximum Gasteiger partial charge on any atom is 0.240 e. The number of hydrogen-bond acceptors (Lipinski definition) is 2. The van der Waals surface area contributed by atoms with Crippen LogP contribution in [0.1, 0.15) is 59.8 Å². The minimum Gasteiger partial charge on any atom is -0.323 e. The molecule has 1 N–H and O–H groups in total. The van der Waals surface area contributed by atoms with Gasteiger partial charge in [0.05, 0.1) is 12.2 Å². The summed E-state index contributed by atoms with van der Waals surface area (Å²) in [7, 11) is 0. The zero-order valence-corrected chi connectivity index (χ0v) is 12.3. The molecule has 0 spiro atoms. The average Bonchev–Trinajstić information content (AvgIpc) is 2.57. The van der Waals surface area contributed by atoms with Crippen molar-refractivity contribution in [2.24, 2.45) is 11.8 Å². The third-order valence-electron chi connectivity index (χ3n) is 4.71. The molecule has 1 saturated heterocycles. The van der Waals surface area contributed by atoms with Gasteiger partial charge >= 0.3 is 0 Å². The van der Waals surface area contributed by atoms with Crippen molar-refractivity contribution >= 4 is 5.91 Å². The van der Waals surface area contributed by atoms with Gasteiger partial charge in [-0.15, -0.1) is 0 Å². The summed E-state index contributed by atoms with van der Waals surface area (Å²) in [5, 5.41) is 3.46. The van der Waals surface area contributed by atoms with Gasteiger partial charge in [-0.25, -0.2) is 0 Å². The smallest absolute Gasteiger partial charge is 0.240 e. The second kappa shape index (κ2) is 5.60. The summed E-state index contributed by atoms with van der Waals surface area (Å²) in [5.74, 6) is 1.79. The lowest BCUT2D eigenvalue weighted by atomic mass is 9.79. The van der Waals surface area contributed by atoms with Gasteiger partial charge in [0, 0.05) is 6.04 Å². The number of amides is 1. The van der Waals surface area contributed by atoms with E-state index < -0.39 is 0 Å². The van der Waals surface area contributed by atoms with Crippen molar-refractivity contribution in [3.8, 4) is 0 Å². The largest absolute Gasteiger partial charge is 0.323 e. The first-order chi connectivity index (χ1) is 8.54. The van der Waals surface area contributed by atoms with E-state index in [1.807, 2.05) is 6.92 Å². The average molecular weight is 252 g/mol. The van der Waals surface area contributed by atoms with E-state index in [9.17, 15) is 4.79 Å². The fraction of sp³-hybridized carbons (Fsp3) is 0.933. The van der Waals surface area contributed by atoms with E-state index in [0.717, 1.165) is 18.8 Å². The SMILES string of the molecule is CCCC1NC(C)C(=O)N1C1CCC(C)CC1C. The van der Waals surface area contributed by atoms with E-state index in [1.54, 1.807) is 0 Å².